The van der Waals surface area contributed by atoms with E-state index >= 15 is 0 Å². The van der Waals surface area contributed by atoms with Gasteiger partial charge in [0.2, 0.25) is 0 Å². The lowest BCUT2D eigenvalue weighted by Crippen LogP contribution is -2.28. The van der Waals surface area contributed by atoms with Gasteiger partial charge in [0.1, 0.15) is 0 Å². The molecule has 0 aliphatic carbocycles. The normalized spacial score (nSPS) is 13.7. The summed E-state index contributed by atoms with van der Waals surface area (Å²) in [6.45, 7) is 10.0. The Balaban J connectivity index is 2.30. The molecule has 1 unspecified atom stereocenters. The topological polar surface area (TPSA) is 21.3 Å². The van der Waals surface area contributed by atoms with Crippen molar-refractivity contribution >= 4 is 15.9 Å². The highest BCUT2D eigenvalue weighted by molar-refractivity contribution is 9.10. The van der Waals surface area contributed by atoms with Gasteiger partial charge in [0.05, 0.1) is 12.2 Å². The second kappa shape index (κ2) is 6.53. The van der Waals surface area contributed by atoms with E-state index in [1.807, 2.05) is 0 Å². The van der Waals surface area contributed by atoms with Gasteiger partial charge in [-0.25, -0.2) is 0 Å². The Morgan fingerprint density at radius 2 is 1.82 bits per heavy atom. The highest BCUT2D eigenvalue weighted by Crippen LogP contribution is 2.16. The van der Waals surface area contributed by atoms with Crippen LogP contribution in [-0.2, 0) is 4.74 Å². The molecule has 0 radical (unpaired) electrons. The van der Waals surface area contributed by atoms with E-state index in [2.05, 4.69) is 73.2 Å². The van der Waals surface area contributed by atoms with Gasteiger partial charge in [0.15, 0.2) is 0 Å². The number of halogens is 1. The molecule has 1 atom stereocenters. The molecule has 0 aromatic heterocycles. The van der Waals surface area contributed by atoms with Gasteiger partial charge in [-0.1, -0.05) is 28.1 Å². The van der Waals surface area contributed by atoms with E-state index in [1.54, 1.807) is 0 Å². The molecule has 96 valence electrons. The molecular weight excluding hydrogens is 278 g/mol. The first-order chi connectivity index (χ1) is 7.88. The maximum absolute atomic E-state index is 5.66. The highest BCUT2D eigenvalue weighted by Gasteiger charge is 2.10. The molecule has 1 N–H and O–H groups in total. The summed E-state index contributed by atoms with van der Waals surface area (Å²) in [7, 11) is 0. The molecule has 1 aromatic rings. The van der Waals surface area contributed by atoms with Crippen LogP contribution in [0.4, 0.5) is 0 Å². The molecule has 3 heteroatoms. The molecule has 1 aromatic carbocycles. The van der Waals surface area contributed by atoms with Crippen molar-refractivity contribution in [2.24, 2.45) is 0 Å². The van der Waals surface area contributed by atoms with Crippen molar-refractivity contribution in [3.05, 3.63) is 34.3 Å². The largest absolute Gasteiger partial charge is 0.375 e. The molecule has 1 rings (SSSR count). The zero-order valence-corrected chi connectivity index (χ0v) is 12.7. The molecule has 0 bridgehead atoms. The second-order valence-corrected chi connectivity index (χ2v) is 6.10. The van der Waals surface area contributed by atoms with Gasteiger partial charge in [0, 0.05) is 17.1 Å². The summed E-state index contributed by atoms with van der Waals surface area (Å²) >= 11 is 3.44. The van der Waals surface area contributed by atoms with Gasteiger partial charge in [-0.2, -0.15) is 0 Å². The zero-order chi connectivity index (χ0) is 12.9. The molecule has 17 heavy (non-hydrogen) atoms. The van der Waals surface area contributed by atoms with Gasteiger partial charge in [-0.05, 0) is 45.4 Å². The fourth-order valence-electron chi connectivity index (χ4n) is 1.50. The summed E-state index contributed by atoms with van der Waals surface area (Å²) in [5, 5.41) is 3.45. The summed E-state index contributed by atoms with van der Waals surface area (Å²) in [4.78, 5) is 0. The summed E-state index contributed by atoms with van der Waals surface area (Å²) in [6.07, 6.45) is 0. The first-order valence-electron chi connectivity index (χ1n) is 6.01. The smallest absolute Gasteiger partial charge is 0.0599 e. The Morgan fingerprint density at radius 1 is 1.24 bits per heavy atom. The molecule has 0 aliphatic rings. The number of hydrogen-bond donors (Lipinski definition) is 1. The maximum Gasteiger partial charge on any atom is 0.0599 e. The Bertz CT molecular complexity index is 329. The van der Waals surface area contributed by atoms with Gasteiger partial charge < -0.3 is 10.1 Å². The maximum atomic E-state index is 5.66. The lowest BCUT2D eigenvalue weighted by atomic mass is 10.1. The summed E-state index contributed by atoms with van der Waals surface area (Å²) in [5.41, 5.74) is 1.24. The summed E-state index contributed by atoms with van der Waals surface area (Å²) in [5.74, 6) is 0. The van der Waals surface area contributed by atoms with Crippen molar-refractivity contribution in [1.82, 2.24) is 5.32 Å². The van der Waals surface area contributed by atoms with Crippen LogP contribution in [0, 0.1) is 0 Å². The Morgan fingerprint density at radius 3 is 2.35 bits per heavy atom. The van der Waals surface area contributed by atoms with E-state index in [9.17, 15) is 0 Å². The molecule has 2 nitrogen and oxygen atoms in total. The quantitative estimate of drug-likeness (QED) is 0.832. The van der Waals surface area contributed by atoms with E-state index in [-0.39, 0.29) is 5.60 Å². The lowest BCUT2D eigenvalue weighted by molar-refractivity contribution is -0.00149. The molecule has 0 fully saturated rings. The van der Waals surface area contributed by atoms with Crippen LogP contribution in [0.2, 0.25) is 0 Å². The van der Waals surface area contributed by atoms with Crippen molar-refractivity contribution in [2.75, 3.05) is 13.2 Å². The van der Waals surface area contributed by atoms with Crippen LogP contribution in [0.15, 0.2) is 28.7 Å². The van der Waals surface area contributed by atoms with Crippen molar-refractivity contribution in [3.8, 4) is 0 Å². The molecule has 0 amide bonds. The predicted octanol–water partition coefficient (Wildman–Crippen LogP) is 3.91. The van der Waals surface area contributed by atoms with Crippen LogP contribution in [0.1, 0.15) is 39.3 Å². The van der Waals surface area contributed by atoms with Crippen molar-refractivity contribution in [1.29, 1.82) is 0 Å². The van der Waals surface area contributed by atoms with Crippen molar-refractivity contribution in [3.63, 3.8) is 0 Å². The third kappa shape index (κ3) is 6.20. The van der Waals surface area contributed by atoms with Gasteiger partial charge in [-0.15, -0.1) is 0 Å². The Hall–Kier alpha value is -0.380. The fraction of sp³-hybridized carbons (Fsp3) is 0.571. The number of ether oxygens (including phenoxy) is 1. The SMILES string of the molecule is CC(NCCOC(C)(C)C)c1ccc(Br)cc1. The second-order valence-electron chi connectivity index (χ2n) is 5.19. The molecular formula is C14H22BrNO. The lowest BCUT2D eigenvalue weighted by Gasteiger charge is -2.21. The van der Waals surface area contributed by atoms with Crippen molar-refractivity contribution < 1.29 is 4.74 Å². The number of rotatable bonds is 5. The van der Waals surface area contributed by atoms with Gasteiger partial charge >= 0.3 is 0 Å². The number of benzene rings is 1. The molecule has 0 saturated carbocycles. The number of nitrogens with one attached hydrogen (secondary N) is 1. The fourth-order valence-corrected chi connectivity index (χ4v) is 1.77. The minimum absolute atomic E-state index is 0.0530. The molecule has 0 heterocycles. The van der Waals surface area contributed by atoms with Crippen LogP contribution in [-0.4, -0.2) is 18.8 Å². The first-order valence-corrected chi connectivity index (χ1v) is 6.80. The Labute approximate surface area is 113 Å². The van der Waals surface area contributed by atoms with E-state index in [4.69, 9.17) is 4.74 Å². The standard InChI is InChI=1S/C14H22BrNO/c1-11(12-5-7-13(15)8-6-12)16-9-10-17-14(2,3)4/h5-8,11,16H,9-10H2,1-4H3. The Kier molecular flexibility index (Phi) is 5.63. The van der Waals surface area contributed by atoms with E-state index in [0.717, 1.165) is 17.6 Å². The summed E-state index contributed by atoms with van der Waals surface area (Å²) < 4.78 is 6.78. The third-order valence-electron chi connectivity index (χ3n) is 2.46. The first kappa shape index (κ1) is 14.7. The molecule has 0 spiro atoms. The zero-order valence-electron chi connectivity index (χ0n) is 11.1. The van der Waals surface area contributed by atoms with Crippen LogP contribution in [0.5, 0.6) is 0 Å². The molecule has 0 saturated heterocycles. The predicted molar refractivity (Wildman–Crippen MR) is 76.3 cm³/mol. The minimum atomic E-state index is -0.0530. The summed E-state index contributed by atoms with van der Waals surface area (Å²) in [6, 6.07) is 8.75. The number of hydrogen-bond acceptors (Lipinski definition) is 2. The van der Waals surface area contributed by atoms with Crippen LogP contribution in [0.3, 0.4) is 0 Å². The van der Waals surface area contributed by atoms with E-state index in [1.165, 1.54) is 5.56 Å². The van der Waals surface area contributed by atoms with Gasteiger partial charge in [0.25, 0.3) is 0 Å². The monoisotopic (exact) mass is 299 g/mol. The highest BCUT2D eigenvalue weighted by atomic mass is 79.9. The van der Waals surface area contributed by atoms with E-state index in [0.29, 0.717) is 6.04 Å². The van der Waals surface area contributed by atoms with Crippen LogP contribution in [0.25, 0.3) is 0 Å². The van der Waals surface area contributed by atoms with Gasteiger partial charge in [-0.3, -0.25) is 0 Å². The van der Waals surface area contributed by atoms with E-state index < -0.39 is 0 Å². The average molecular weight is 300 g/mol. The minimum Gasteiger partial charge on any atom is -0.375 e. The third-order valence-corrected chi connectivity index (χ3v) is 2.99. The average Bonchev–Trinajstić information content (AvgIpc) is 2.24. The van der Waals surface area contributed by atoms with Crippen molar-refractivity contribution in [2.45, 2.75) is 39.3 Å². The van der Waals surface area contributed by atoms with Crippen LogP contribution >= 0.6 is 15.9 Å². The molecule has 0 aliphatic heterocycles. The van der Waals surface area contributed by atoms with Crippen LogP contribution < -0.4 is 5.32 Å².